The molecule has 0 amide bonds. The smallest absolute Gasteiger partial charge is 0.462 e. The molecule has 0 radical (unpaired) electrons. The number of hydrogen-bond acceptors (Lipinski definition) is 11. The minimum absolute atomic E-state index is 0.0906. The molecule has 14 nitrogen and oxygen atoms in total. The molecule has 0 spiro atoms. The van der Waals surface area contributed by atoms with Gasteiger partial charge in [-0.3, -0.25) is 23.2 Å². The SMILES string of the molecule is CCCCCC/C=C\C=C/CCCCCCCC(=O)O[C@H](COC(=O)CCC/C=C\C/C=C\C/C=C\C/C=C\[C@@H](O)CCCC)COP(=O)(O)OC[C@@H](O)COP(=O)(O)O. The molecule has 0 aromatic carbocycles. The number of carbonyl (C=O) groups is 2. The van der Waals surface area contributed by atoms with Crippen LogP contribution in [0.5, 0.6) is 0 Å². The number of carbonyl (C=O) groups excluding carboxylic acids is 2. The van der Waals surface area contributed by atoms with E-state index in [1.54, 1.807) is 0 Å². The van der Waals surface area contributed by atoms with E-state index in [2.05, 4.69) is 71.5 Å². The van der Waals surface area contributed by atoms with Crippen molar-refractivity contribution in [2.75, 3.05) is 26.4 Å². The lowest BCUT2D eigenvalue weighted by atomic mass is 10.1. The molecule has 60 heavy (non-hydrogen) atoms. The Morgan fingerprint density at radius 3 is 1.70 bits per heavy atom. The number of rotatable bonds is 40. The highest BCUT2D eigenvalue weighted by Gasteiger charge is 2.28. The summed E-state index contributed by atoms with van der Waals surface area (Å²) in [5.41, 5.74) is 0. The number of ether oxygens (including phenoxy) is 2. The van der Waals surface area contributed by atoms with Crippen LogP contribution < -0.4 is 0 Å². The molecule has 16 heteroatoms. The molecule has 0 heterocycles. The van der Waals surface area contributed by atoms with Crippen LogP contribution in [0.4, 0.5) is 0 Å². The van der Waals surface area contributed by atoms with Crippen molar-refractivity contribution in [1.29, 1.82) is 0 Å². The van der Waals surface area contributed by atoms with Gasteiger partial charge in [-0.1, -0.05) is 138 Å². The Morgan fingerprint density at radius 1 is 0.550 bits per heavy atom. The van der Waals surface area contributed by atoms with Gasteiger partial charge in [-0.25, -0.2) is 9.13 Å². The maximum atomic E-state index is 12.6. The summed E-state index contributed by atoms with van der Waals surface area (Å²) in [6.45, 7) is 1.48. The van der Waals surface area contributed by atoms with Crippen molar-refractivity contribution in [2.45, 2.75) is 167 Å². The lowest BCUT2D eigenvalue weighted by Crippen LogP contribution is -2.30. The first-order chi connectivity index (χ1) is 28.8. The minimum atomic E-state index is -4.88. The molecular formula is C44H76O14P2. The van der Waals surface area contributed by atoms with Crippen LogP contribution in [0.25, 0.3) is 0 Å². The fourth-order valence-corrected chi connectivity index (χ4v) is 6.45. The van der Waals surface area contributed by atoms with Crippen LogP contribution in [0.3, 0.4) is 0 Å². The predicted molar refractivity (Wildman–Crippen MR) is 236 cm³/mol. The van der Waals surface area contributed by atoms with Crippen LogP contribution in [0.15, 0.2) is 72.9 Å². The Morgan fingerprint density at radius 2 is 1.07 bits per heavy atom. The third kappa shape index (κ3) is 42.2. The average molecular weight is 891 g/mol. The first kappa shape index (κ1) is 57.5. The van der Waals surface area contributed by atoms with Crippen molar-refractivity contribution in [1.82, 2.24) is 0 Å². The standard InChI is InChI=1S/C44H76O14P2/c1-3-5-7-8-9-10-11-12-13-14-19-22-25-28-31-35-44(48)58-42(39-57-60(52,53)56-37-41(46)36-55-59(49,50)51)38-54-43(47)34-30-27-24-21-18-16-15-17-20-23-26-29-33-40(45)32-6-4-2/h10-13,15-16,20-21,23-24,29,33,40-42,45-46H,3-9,14,17-19,22,25-28,30-32,34-39H2,1-2H3,(H,52,53)(H2,49,50,51)/b11-10-,13-12-,16-15-,23-20-,24-21-,33-29-/t40-,41-,42+/m0/s1. The zero-order valence-corrected chi connectivity index (χ0v) is 37.9. The van der Waals surface area contributed by atoms with Gasteiger partial charge in [-0.2, -0.15) is 0 Å². The summed E-state index contributed by atoms with van der Waals surface area (Å²) in [4.78, 5) is 52.6. The van der Waals surface area contributed by atoms with Gasteiger partial charge in [0.2, 0.25) is 0 Å². The molecule has 0 bridgehead atoms. The predicted octanol–water partition coefficient (Wildman–Crippen LogP) is 9.98. The number of unbranched alkanes of at least 4 members (excludes halogenated alkanes) is 11. The lowest BCUT2D eigenvalue weighted by Gasteiger charge is -2.20. The lowest BCUT2D eigenvalue weighted by molar-refractivity contribution is -0.161. The van der Waals surface area contributed by atoms with Crippen molar-refractivity contribution in [3.63, 3.8) is 0 Å². The Balaban J connectivity index is 4.68. The summed E-state index contributed by atoms with van der Waals surface area (Å²) in [5.74, 6) is -1.14. The minimum Gasteiger partial charge on any atom is -0.462 e. The molecular weight excluding hydrogens is 814 g/mol. The molecule has 0 rings (SSSR count). The monoisotopic (exact) mass is 890 g/mol. The van der Waals surface area contributed by atoms with Gasteiger partial charge in [0.25, 0.3) is 0 Å². The molecule has 5 N–H and O–H groups in total. The van der Waals surface area contributed by atoms with Crippen LogP contribution in [0.1, 0.15) is 149 Å². The van der Waals surface area contributed by atoms with Gasteiger partial charge in [-0.15, -0.1) is 0 Å². The van der Waals surface area contributed by atoms with Gasteiger partial charge < -0.3 is 34.4 Å². The maximum Gasteiger partial charge on any atom is 0.472 e. The van der Waals surface area contributed by atoms with E-state index in [1.807, 2.05) is 24.3 Å². The molecule has 0 saturated carbocycles. The van der Waals surface area contributed by atoms with Crippen LogP contribution >= 0.6 is 15.6 Å². The summed E-state index contributed by atoms with van der Waals surface area (Å²) in [6.07, 6.45) is 39.5. The van der Waals surface area contributed by atoms with E-state index in [9.17, 15) is 33.8 Å². The van der Waals surface area contributed by atoms with Gasteiger partial charge in [0, 0.05) is 12.8 Å². The zero-order valence-electron chi connectivity index (χ0n) is 36.1. The van der Waals surface area contributed by atoms with Crippen molar-refractivity contribution >= 4 is 27.6 Å². The van der Waals surface area contributed by atoms with Crippen molar-refractivity contribution in [3.05, 3.63) is 72.9 Å². The highest BCUT2D eigenvalue weighted by molar-refractivity contribution is 7.47. The van der Waals surface area contributed by atoms with Crippen molar-refractivity contribution < 1.29 is 66.7 Å². The molecule has 346 valence electrons. The fraction of sp³-hybridized carbons (Fsp3) is 0.682. The average Bonchev–Trinajstić information content (AvgIpc) is 3.20. The Bertz CT molecular complexity index is 1350. The fourth-order valence-electron chi connectivity index (χ4n) is 5.29. The second-order valence-corrected chi connectivity index (χ2v) is 17.2. The Kier molecular flexibility index (Phi) is 37.7. The van der Waals surface area contributed by atoms with E-state index < -0.39 is 66.2 Å². The van der Waals surface area contributed by atoms with E-state index >= 15 is 0 Å². The summed E-state index contributed by atoms with van der Waals surface area (Å²) in [5, 5.41) is 19.6. The van der Waals surface area contributed by atoms with Crippen LogP contribution in [-0.4, -0.2) is 81.6 Å². The number of hydrogen-bond donors (Lipinski definition) is 5. The number of allylic oxidation sites excluding steroid dienone is 11. The van der Waals surface area contributed by atoms with Crippen LogP contribution in [0.2, 0.25) is 0 Å². The van der Waals surface area contributed by atoms with Gasteiger partial charge in [0.05, 0.1) is 25.9 Å². The normalized spacial score (nSPS) is 15.2. The molecule has 4 atom stereocenters. The van der Waals surface area contributed by atoms with E-state index in [4.69, 9.17) is 23.8 Å². The topological polar surface area (TPSA) is 216 Å². The molecule has 0 aromatic heterocycles. The third-order valence-corrected chi connectivity index (χ3v) is 10.1. The number of aliphatic hydroxyl groups excluding tert-OH is 2. The summed E-state index contributed by atoms with van der Waals surface area (Å²) >= 11 is 0. The second-order valence-electron chi connectivity index (χ2n) is 14.5. The summed E-state index contributed by atoms with van der Waals surface area (Å²) < 4.78 is 47.7. The Labute approximate surface area is 359 Å². The Hall–Kier alpha value is -2.48. The number of phosphoric acid groups is 2. The highest BCUT2D eigenvalue weighted by Crippen LogP contribution is 2.43. The van der Waals surface area contributed by atoms with Gasteiger partial charge in [0.15, 0.2) is 6.10 Å². The summed E-state index contributed by atoms with van der Waals surface area (Å²) in [6, 6.07) is 0. The van der Waals surface area contributed by atoms with Crippen LogP contribution in [0, 0.1) is 0 Å². The van der Waals surface area contributed by atoms with E-state index in [0.29, 0.717) is 19.3 Å². The molecule has 0 saturated heterocycles. The van der Waals surface area contributed by atoms with E-state index in [1.165, 1.54) is 25.7 Å². The second kappa shape index (κ2) is 39.4. The number of aliphatic hydroxyl groups is 2. The number of phosphoric ester groups is 2. The molecule has 0 aliphatic heterocycles. The third-order valence-electron chi connectivity index (χ3n) is 8.66. The molecule has 0 aromatic rings. The van der Waals surface area contributed by atoms with E-state index in [-0.39, 0.29) is 18.9 Å². The first-order valence-electron chi connectivity index (χ1n) is 21.7. The summed E-state index contributed by atoms with van der Waals surface area (Å²) in [7, 11) is -9.71. The highest BCUT2D eigenvalue weighted by atomic mass is 31.2. The van der Waals surface area contributed by atoms with Crippen molar-refractivity contribution in [3.8, 4) is 0 Å². The molecule has 0 fully saturated rings. The van der Waals surface area contributed by atoms with E-state index in [0.717, 1.165) is 77.0 Å². The first-order valence-corrected chi connectivity index (χ1v) is 24.8. The maximum absolute atomic E-state index is 12.6. The van der Waals surface area contributed by atoms with Crippen LogP contribution in [-0.2, 0) is 41.8 Å². The zero-order chi connectivity index (χ0) is 44.6. The van der Waals surface area contributed by atoms with Crippen molar-refractivity contribution in [2.24, 2.45) is 0 Å². The molecule has 1 unspecified atom stereocenters. The van der Waals surface area contributed by atoms with Gasteiger partial charge in [-0.05, 0) is 70.6 Å². The molecule has 0 aliphatic rings. The molecule has 0 aliphatic carbocycles. The van der Waals surface area contributed by atoms with Gasteiger partial charge >= 0.3 is 27.6 Å². The van der Waals surface area contributed by atoms with Gasteiger partial charge in [0.1, 0.15) is 12.7 Å². The quantitative estimate of drug-likeness (QED) is 0.0127. The number of esters is 2. The largest absolute Gasteiger partial charge is 0.472 e.